The van der Waals surface area contributed by atoms with Gasteiger partial charge in [0.1, 0.15) is 6.61 Å². The number of nitrogens with zero attached hydrogens (tertiary/aromatic N) is 2. The summed E-state index contributed by atoms with van der Waals surface area (Å²) in [5.74, 6) is -0.607. The average Bonchev–Trinajstić information content (AvgIpc) is 2.42. The number of imide groups is 1. The molecule has 0 radical (unpaired) electrons. The Bertz CT molecular complexity index is 272. The zero-order valence-electron chi connectivity index (χ0n) is 6.90. The van der Waals surface area contributed by atoms with Gasteiger partial charge in [0.25, 0.3) is 18.1 Å². The molecule has 1 rings (SSSR count). The number of nitriles is 1. The summed E-state index contributed by atoms with van der Waals surface area (Å²) in [6.45, 7) is 0.528. The maximum atomic E-state index is 11.0. The van der Waals surface area contributed by atoms with Crippen molar-refractivity contribution in [1.29, 1.82) is 5.26 Å². The summed E-state index contributed by atoms with van der Waals surface area (Å²) in [6.07, 6.45) is 4.45. The Morgan fingerprint density at radius 2 is 2.00 bits per heavy atom. The fourth-order valence-electron chi connectivity index (χ4n) is 0.992. The van der Waals surface area contributed by atoms with Crippen molar-refractivity contribution < 1.29 is 14.3 Å². The Morgan fingerprint density at radius 1 is 1.38 bits per heavy atom. The Labute approximate surface area is 75.2 Å². The van der Waals surface area contributed by atoms with Crippen molar-refractivity contribution in [3.63, 3.8) is 0 Å². The van der Waals surface area contributed by atoms with Gasteiger partial charge in [0.05, 0.1) is 0 Å². The van der Waals surface area contributed by atoms with Crippen LogP contribution in [-0.2, 0) is 14.3 Å². The Balaban J connectivity index is 2.26. The van der Waals surface area contributed by atoms with Gasteiger partial charge in [0, 0.05) is 25.1 Å². The van der Waals surface area contributed by atoms with Crippen molar-refractivity contribution in [3.8, 4) is 6.26 Å². The zero-order chi connectivity index (χ0) is 9.68. The van der Waals surface area contributed by atoms with Crippen molar-refractivity contribution in [1.82, 2.24) is 4.90 Å². The summed E-state index contributed by atoms with van der Waals surface area (Å²) >= 11 is 0. The van der Waals surface area contributed by atoms with Gasteiger partial charge in [-0.25, -0.2) is 0 Å². The van der Waals surface area contributed by atoms with Gasteiger partial charge in [-0.2, -0.15) is 5.26 Å². The van der Waals surface area contributed by atoms with Gasteiger partial charge in [-0.1, -0.05) is 0 Å². The maximum Gasteiger partial charge on any atom is 0.286 e. The zero-order valence-corrected chi connectivity index (χ0v) is 6.90. The predicted octanol–water partition coefficient (Wildman–Crippen LogP) is -0.201. The molecule has 0 aliphatic carbocycles. The highest BCUT2D eigenvalue weighted by Crippen LogP contribution is 2.03. The SMILES string of the molecule is N#COCCCN1C(=O)C=CC1=O. The van der Waals surface area contributed by atoms with Crippen LogP contribution >= 0.6 is 0 Å². The number of amides is 2. The van der Waals surface area contributed by atoms with Crippen LogP contribution in [0, 0.1) is 11.5 Å². The average molecular weight is 180 g/mol. The third-order valence-electron chi connectivity index (χ3n) is 1.59. The molecule has 0 saturated heterocycles. The molecule has 0 aromatic heterocycles. The third kappa shape index (κ3) is 2.30. The highest BCUT2D eigenvalue weighted by Gasteiger charge is 2.22. The Morgan fingerprint density at radius 3 is 2.54 bits per heavy atom. The lowest BCUT2D eigenvalue weighted by Crippen LogP contribution is -2.31. The maximum absolute atomic E-state index is 11.0. The predicted molar refractivity (Wildman–Crippen MR) is 42.0 cm³/mol. The first-order valence-electron chi connectivity index (χ1n) is 3.80. The molecule has 1 heterocycles. The van der Waals surface area contributed by atoms with Gasteiger partial charge in [-0.3, -0.25) is 14.5 Å². The van der Waals surface area contributed by atoms with Crippen molar-refractivity contribution in [2.75, 3.05) is 13.2 Å². The van der Waals surface area contributed by atoms with Crippen molar-refractivity contribution in [3.05, 3.63) is 12.2 Å². The molecular formula is C8H8N2O3. The molecule has 5 nitrogen and oxygen atoms in total. The second-order valence-corrected chi connectivity index (χ2v) is 2.45. The minimum absolute atomic E-state index is 0.230. The molecule has 1 aliphatic rings. The number of hydrogen-bond donors (Lipinski definition) is 0. The second kappa shape index (κ2) is 4.26. The van der Waals surface area contributed by atoms with Crippen molar-refractivity contribution in [2.45, 2.75) is 6.42 Å². The van der Waals surface area contributed by atoms with Gasteiger partial charge >= 0.3 is 0 Å². The van der Waals surface area contributed by atoms with Gasteiger partial charge in [-0.15, -0.1) is 0 Å². The smallest absolute Gasteiger partial charge is 0.286 e. The van der Waals surface area contributed by atoms with E-state index < -0.39 is 0 Å². The largest absolute Gasteiger partial charge is 0.427 e. The lowest BCUT2D eigenvalue weighted by Gasteiger charge is -2.11. The number of rotatable bonds is 4. The van der Waals surface area contributed by atoms with Crippen LogP contribution in [-0.4, -0.2) is 29.9 Å². The summed E-state index contributed by atoms with van der Waals surface area (Å²) in [4.78, 5) is 23.0. The number of carbonyl (C=O) groups excluding carboxylic acids is 2. The molecule has 2 amide bonds. The van der Waals surface area contributed by atoms with Crippen molar-refractivity contribution in [2.24, 2.45) is 0 Å². The number of carbonyl (C=O) groups is 2. The van der Waals surface area contributed by atoms with E-state index in [9.17, 15) is 9.59 Å². The summed E-state index contributed by atoms with van der Waals surface area (Å²) in [5.41, 5.74) is 0. The second-order valence-electron chi connectivity index (χ2n) is 2.45. The molecule has 0 atom stereocenters. The summed E-state index contributed by atoms with van der Waals surface area (Å²) in [7, 11) is 0. The Kier molecular flexibility index (Phi) is 3.03. The van der Waals surface area contributed by atoms with E-state index >= 15 is 0 Å². The molecule has 0 unspecified atom stereocenters. The molecule has 13 heavy (non-hydrogen) atoms. The molecule has 0 N–H and O–H groups in total. The van der Waals surface area contributed by atoms with E-state index in [1.807, 2.05) is 0 Å². The molecule has 1 aliphatic heterocycles. The molecular weight excluding hydrogens is 172 g/mol. The fourth-order valence-corrected chi connectivity index (χ4v) is 0.992. The molecule has 68 valence electrons. The quantitative estimate of drug-likeness (QED) is 0.341. The lowest BCUT2D eigenvalue weighted by atomic mass is 10.4. The third-order valence-corrected chi connectivity index (χ3v) is 1.59. The first-order chi connectivity index (χ1) is 6.25. The minimum Gasteiger partial charge on any atom is -0.427 e. The Hall–Kier alpha value is -1.83. The molecule has 0 spiro atoms. The molecule has 0 aromatic carbocycles. The van der Waals surface area contributed by atoms with Crippen LogP contribution in [0.4, 0.5) is 0 Å². The van der Waals surface area contributed by atoms with E-state index in [1.54, 1.807) is 0 Å². The summed E-state index contributed by atoms with van der Waals surface area (Å²) in [6, 6.07) is 0. The molecule has 5 heteroatoms. The number of hydrogen-bond acceptors (Lipinski definition) is 4. The fraction of sp³-hybridized carbons (Fsp3) is 0.375. The van der Waals surface area contributed by atoms with E-state index in [1.165, 1.54) is 18.4 Å². The van der Waals surface area contributed by atoms with E-state index in [0.717, 1.165) is 4.90 Å². The van der Waals surface area contributed by atoms with Crippen LogP contribution in [0.5, 0.6) is 0 Å². The van der Waals surface area contributed by atoms with E-state index in [2.05, 4.69) is 4.74 Å². The normalized spacial score (nSPS) is 14.8. The standard InChI is InChI=1S/C8H8N2O3/c9-6-13-5-1-4-10-7(11)2-3-8(10)12/h2-3H,1,4-5H2. The first-order valence-corrected chi connectivity index (χ1v) is 3.80. The van der Waals surface area contributed by atoms with Gasteiger partial charge < -0.3 is 4.74 Å². The van der Waals surface area contributed by atoms with Crippen LogP contribution < -0.4 is 0 Å². The van der Waals surface area contributed by atoms with Crippen LogP contribution in [0.15, 0.2) is 12.2 Å². The van der Waals surface area contributed by atoms with Crippen molar-refractivity contribution >= 4 is 11.8 Å². The topological polar surface area (TPSA) is 70.4 Å². The van der Waals surface area contributed by atoms with Gasteiger partial charge in [0.15, 0.2) is 0 Å². The molecule has 0 fully saturated rings. The minimum atomic E-state index is -0.304. The van der Waals surface area contributed by atoms with Crippen LogP contribution in [0.25, 0.3) is 0 Å². The molecule has 0 saturated carbocycles. The van der Waals surface area contributed by atoms with Crippen LogP contribution in [0.2, 0.25) is 0 Å². The van der Waals surface area contributed by atoms with Gasteiger partial charge in [0.2, 0.25) is 0 Å². The molecule has 0 bridgehead atoms. The van der Waals surface area contributed by atoms with Gasteiger partial charge in [-0.05, 0) is 0 Å². The summed E-state index contributed by atoms with van der Waals surface area (Å²) < 4.78 is 4.40. The summed E-state index contributed by atoms with van der Waals surface area (Å²) in [5, 5.41) is 8.03. The lowest BCUT2D eigenvalue weighted by molar-refractivity contribution is -0.136. The van der Waals surface area contributed by atoms with E-state index in [0.29, 0.717) is 13.0 Å². The molecule has 0 aromatic rings. The highest BCUT2D eigenvalue weighted by atomic mass is 16.5. The first kappa shape index (κ1) is 9.26. The van der Waals surface area contributed by atoms with Crippen LogP contribution in [0.1, 0.15) is 6.42 Å². The highest BCUT2D eigenvalue weighted by molar-refractivity contribution is 6.12. The van der Waals surface area contributed by atoms with E-state index in [4.69, 9.17) is 5.26 Å². The van der Waals surface area contributed by atoms with E-state index in [-0.39, 0.29) is 18.4 Å². The monoisotopic (exact) mass is 180 g/mol. The van der Waals surface area contributed by atoms with Crippen LogP contribution in [0.3, 0.4) is 0 Å². The number of ether oxygens (including phenoxy) is 1.